The topological polar surface area (TPSA) is 78.8 Å². The van der Waals surface area contributed by atoms with Gasteiger partial charge < -0.3 is 19.3 Å². The average molecular weight is 431 g/mol. The van der Waals surface area contributed by atoms with Crippen LogP contribution in [0.5, 0.6) is 0 Å². The molecule has 0 radical (unpaired) electrons. The fraction of sp³-hybridized carbons (Fsp3) is 0.333. The first-order chi connectivity index (χ1) is 15.5. The Balaban J connectivity index is 1.23. The molecule has 8 heteroatoms. The van der Waals surface area contributed by atoms with E-state index in [1.54, 1.807) is 11.9 Å². The molecule has 3 heterocycles. The molecule has 32 heavy (non-hydrogen) atoms. The van der Waals surface area contributed by atoms with Crippen molar-refractivity contribution in [3.63, 3.8) is 0 Å². The van der Waals surface area contributed by atoms with Crippen LogP contribution in [0.3, 0.4) is 0 Å². The first-order valence-corrected chi connectivity index (χ1v) is 10.9. The summed E-state index contributed by atoms with van der Waals surface area (Å²) >= 11 is 0. The Morgan fingerprint density at radius 3 is 2.47 bits per heavy atom. The fourth-order valence-corrected chi connectivity index (χ4v) is 4.57. The molecule has 2 aliphatic rings. The van der Waals surface area contributed by atoms with Crippen LogP contribution in [0.4, 0.5) is 11.4 Å². The summed E-state index contributed by atoms with van der Waals surface area (Å²) in [5.41, 5.74) is 2.45. The predicted molar refractivity (Wildman–Crippen MR) is 123 cm³/mol. The van der Waals surface area contributed by atoms with Crippen molar-refractivity contribution in [1.29, 1.82) is 0 Å². The van der Waals surface area contributed by atoms with Gasteiger partial charge in [0.15, 0.2) is 0 Å². The maximum absolute atomic E-state index is 13.1. The third-order valence-corrected chi connectivity index (χ3v) is 6.40. The molecular formula is C24H25N5O3. The summed E-state index contributed by atoms with van der Waals surface area (Å²) < 4.78 is 1.47. The zero-order valence-corrected chi connectivity index (χ0v) is 18.0. The lowest BCUT2D eigenvalue weighted by Crippen LogP contribution is -2.50. The number of fused-ring (bicyclic) bond motifs is 1. The third-order valence-electron chi connectivity index (χ3n) is 6.40. The first kappa shape index (κ1) is 20.2. The minimum absolute atomic E-state index is 0.00277. The van der Waals surface area contributed by atoms with Crippen LogP contribution in [0, 0.1) is 5.92 Å². The molecule has 1 atom stereocenters. The van der Waals surface area contributed by atoms with Gasteiger partial charge in [0.25, 0.3) is 5.56 Å². The number of para-hydroxylation sites is 1. The van der Waals surface area contributed by atoms with Gasteiger partial charge in [0.2, 0.25) is 11.8 Å². The van der Waals surface area contributed by atoms with E-state index in [-0.39, 0.29) is 29.7 Å². The molecule has 0 aliphatic carbocycles. The van der Waals surface area contributed by atoms with Crippen molar-refractivity contribution < 1.29 is 9.59 Å². The van der Waals surface area contributed by atoms with Gasteiger partial charge >= 0.3 is 0 Å². The zero-order chi connectivity index (χ0) is 22.2. The van der Waals surface area contributed by atoms with Crippen LogP contribution in [0.2, 0.25) is 0 Å². The number of piperazine rings is 1. The molecular weight excluding hydrogens is 406 g/mol. The van der Waals surface area contributed by atoms with Crippen molar-refractivity contribution in [1.82, 2.24) is 14.5 Å². The highest BCUT2D eigenvalue weighted by molar-refractivity contribution is 6.00. The minimum atomic E-state index is -0.296. The van der Waals surface area contributed by atoms with Crippen molar-refractivity contribution in [2.24, 2.45) is 13.0 Å². The molecule has 2 aromatic carbocycles. The second kappa shape index (κ2) is 8.11. The number of amides is 2. The van der Waals surface area contributed by atoms with Gasteiger partial charge in [-0.1, -0.05) is 18.2 Å². The van der Waals surface area contributed by atoms with Gasteiger partial charge in [-0.15, -0.1) is 0 Å². The Bertz CT molecular complexity index is 1230. The lowest BCUT2D eigenvalue weighted by molar-refractivity contribution is -0.136. The van der Waals surface area contributed by atoms with E-state index in [0.717, 1.165) is 11.4 Å². The molecule has 8 nitrogen and oxygen atoms in total. The number of carbonyl (C=O) groups is 2. The summed E-state index contributed by atoms with van der Waals surface area (Å²) in [5, 5.41) is 0.599. The number of anilines is 2. The molecule has 3 aromatic rings. The largest absolute Gasteiger partial charge is 0.368 e. The summed E-state index contributed by atoms with van der Waals surface area (Å²) in [6.07, 6.45) is 1.80. The number of hydrogen-bond acceptors (Lipinski definition) is 5. The van der Waals surface area contributed by atoms with Gasteiger partial charge in [-0.3, -0.25) is 14.4 Å². The number of aryl methyl sites for hydroxylation is 1. The quantitative estimate of drug-likeness (QED) is 0.630. The lowest BCUT2D eigenvalue weighted by Gasteiger charge is -2.37. The van der Waals surface area contributed by atoms with E-state index in [9.17, 15) is 14.4 Å². The van der Waals surface area contributed by atoms with Crippen LogP contribution in [0.15, 0.2) is 59.7 Å². The first-order valence-electron chi connectivity index (χ1n) is 10.9. The molecule has 2 amide bonds. The van der Waals surface area contributed by atoms with Crippen molar-refractivity contribution in [2.45, 2.75) is 6.42 Å². The Morgan fingerprint density at radius 2 is 1.72 bits per heavy atom. The van der Waals surface area contributed by atoms with Gasteiger partial charge in [-0.2, -0.15) is 0 Å². The van der Waals surface area contributed by atoms with Gasteiger partial charge in [0.1, 0.15) is 0 Å². The van der Waals surface area contributed by atoms with E-state index in [4.69, 9.17) is 0 Å². The van der Waals surface area contributed by atoms with Crippen molar-refractivity contribution in [3.05, 3.63) is 65.2 Å². The van der Waals surface area contributed by atoms with Crippen LogP contribution >= 0.6 is 0 Å². The predicted octanol–water partition coefficient (Wildman–Crippen LogP) is 1.64. The highest BCUT2D eigenvalue weighted by Crippen LogP contribution is 2.27. The van der Waals surface area contributed by atoms with Crippen LogP contribution in [0.25, 0.3) is 10.9 Å². The lowest BCUT2D eigenvalue weighted by atomic mass is 10.1. The second-order valence-electron chi connectivity index (χ2n) is 8.42. The van der Waals surface area contributed by atoms with Crippen molar-refractivity contribution in [2.75, 3.05) is 42.5 Å². The minimum Gasteiger partial charge on any atom is -0.368 e. The standard InChI is InChI=1S/C24H25N5O3/c1-26-16-25-21-14-19(7-8-20(21)24(26)32)27-9-11-28(12-10-27)23(31)17-13-22(30)29(15-17)18-5-3-2-4-6-18/h2-8,14,16-17H,9-13,15H2,1H3. The normalized spacial score (nSPS) is 19.1. The number of benzene rings is 2. The molecule has 5 rings (SSSR count). The maximum atomic E-state index is 13.1. The zero-order valence-electron chi connectivity index (χ0n) is 18.0. The summed E-state index contributed by atoms with van der Waals surface area (Å²) in [5.74, 6) is -0.238. The van der Waals surface area contributed by atoms with E-state index in [1.807, 2.05) is 53.4 Å². The highest BCUT2D eigenvalue weighted by atomic mass is 16.2. The second-order valence-corrected chi connectivity index (χ2v) is 8.42. The SMILES string of the molecule is Cn1cnc2cc(N3CCN(C(=O)C4CC(=O)N(c5ccccc5)C4)CC3)ccc2c1=O. The summed E-state index contributed by atoms with van der Waals surface area (Å²) in [6.45, 7) is 3.05. The van der Waals surface area contributed by atoms with Crippen molar-refractivity contribution >= 4 is 34.1 Å². The summed E-state index contributed by atoms with van der Waals surface area (Å²) in [6, 6.07) is 15.2. The molecule has 164 valence electrons. The smallest absolute Gasteiger partial charge is 0.260 e. The highest BCUT2D eigenvalue weighted by Gasteiger charge is 2.37. The van der Waals surface area contributed by atoms with Gasteiger partial charge in [0.05, 0.1) is 23.1 Å². The van der Waals surface area contributed by atoms with Crippen molar-refractivity contribution in [3.8, 4) is 0 Å². The monoisotopic (exact) mass is 431 g/mol. The molecule has 0 saturated carbocycles. The molecule has 0 bridgehead atoms. The molecule has 1 unspecified atom stereocenters. The van der Waals surface area contributed by atoms with Crippen LogP contribution in [-0.4, -0.2) is 59.0 Å². The van der Waals surface area contributed by atoms with Crippen LogP contribution in [0.1, 0.15) is 6.42 Å². The van der Waals surface area contributed by atoms with E-state index in [2.05, 4.69) is 9.88 Å². The third kappa shape index (κ3) is 3.62. The average Bonchev–Trinajstić information content (AvgIpc) is 3.23. The van der Waals surface area contributed by atoms with Crippen LogP contribution < -0.4 is 15.4 Å². The van der Waals surface area contributed by atoms with Gasteiger partial charge in [-0.25, -0.2) is 4.98 Å². The molecule has 2 saturated heterocycles. The van der Waals surface area contributed by atoms with Gasteiger partial charge in [0, 0.05) is 57.6 Å². The van der Waals surface area contributed by atoms with E-state index >= 15 is 0 Å². The van der Waals surface area contributed by atoms with E-state index in [1.165, 1.54) is 10.9 Å². The van der Waals surface area contributed by atoms with E-state index in [0.29, 0.717) is 43.6 Å². The fourth-order valence-electron chi connectivity index (χ4n) is 4.57. The number of nitrogens with zero attached hydrogens (tertiary/aromatic N) is 5. The molecule has 0 N–H and O–H groups in total. The molecule has 1 aromatic heterocycles. The van der Waals surface area contributed by atoms with Crippen LogP contribution in [-0.2, 0) is 16.6 Å². The van der Waals surface area contributed by atoms with Gasteiger partial charge in [-0.05, 0) is 30.3 Å². The number of carbonyl (C=O) groups excluding carboxylic acids is 2. The number of hydrogen-bond donors (Lipinski definition) is 0. The summed E-state index contributed by atoms with van der Waals surface area (Å²) in [4.78, 5) is 48.0. The van der Waals surface area contributed by atoms with E-state index < -0.39 is 0 Å². The Hall–Kier alpha value is -3.68. The molecule has 0 spiro atoms. The number of aromatic nitrogens is 2. The Labute approximate surface area is 185 Å². The Morgan fingerprint density at radius 1 is 0.969 bits per heavy atom. The Kier molecular flexibility index (Phi) is 5.13. The maximum Gasteiger partial charge on any atom is 0.260 e. The molecule has 2 aliphatic heterocycles. The number of rotatable bonds is 3. The summed E-state index contributed by atoms with van der Waals surface area (Å²) in [7, 11) is 1.69. The molecule has 2 fully saturated rings.